The molecule has 2 heterocycles. The predicted octanol–water partition coefficient (Wildman–Crippen LogP) is 2.41. The van der Waals surface area contributed by atoms with Crippen LogP contribution in [0.4, 0.5) is 20.4 Å². The first-order valence-corrected chi connectivity index (χ1v) is 8.52. The Bertz CT molecular complexity index is 940. The number of halogens is 2. The molecule has 1 fully saturated rings. The molecule has 0 saturated carbocycles. The maximum atomic E-state index is 13.8. The number of rotatable bonds is 5. The average Bonchev–Trinajstić information content (AvgIpc) is 2.69. The van der Waals surface area contributed by atoms with Crippen LogP contribution in [-0.2, 0) is 0 Å². The van der Waals surface area contributed by atoms with Gasteiger partial charge in [-0.3, -0.25) is 0 Å². The Kier molecular flexibility index (Phi) is 5.54. The summed E-state index contributed by atoms with van der Waals surface area (Å²) in [6.07, 6.45) is 0.758. The third-order valence-electron chi connectivity index (χ3n) is 4.35. The van der Waals surface area contributed by atoms with E-state index in [4.69, 9.17) is 10.00 Å². The summed E-state index contributed by atoms with van der Waals surface area (Å²) in [5.74, 6) is -2.16. The Morgan fingerprint density at radius 3 is 2.64 bits per heavy atom. The highest BCUT2D eigenvalue weighted by Crippen LogP contribution is 2.28. The zero-order valence-electron chi connectivity index (χ0n) is 14.9. The van der Waals surface area contributed by atoms with Crippen LogP contribution in [-0.4, -0.2) is 47.3 Å². The number of nitrogens with one attached hydrogen (secondary N) is 1. The first-order valence-electron chi connectivity index (χ1n) is 8.52. The minimum Gasteiger partial charge on any atom is -0.487 e. The molecular formula is C18H17F2N5O3. The number of anilines is 2. The fourth-order valence-corrected chi connectivity index (χ4v) is 2.98. The van der Waals surface area contributed by atoms with Crippen LogP contribution >= 0.6 is 0 Å². The number of hydrogen-bond acceptors (Lipinski definition) is 7. The van der Waals surface area contributed by atoms with Crippen LogP contribution in [0.25, 0.3) is 0 Å². The summed E-state index contributed by atoms with van der Waals surface area (Å²) in [6.45, 7) is 0.920. The Labute approximate surface area is 159 Å². The SMILES string of the molecule is CNc1nc(C#N)c(C(=O)O)nc1N1CCC(Oc2ccc(F)cc2F)CC1. The van der Waals surface area contributed by atoms with E-state index in [1.54, 1.807) is 13.1 Å². The molecule has 1 saturated heterocycles. The Balaban J connectivity index is 1.75. The molecule has 0 bridgehead atoms. The summed E-state index contributed by atoms with van der Waals surface area (Å²) in [4.78, 5) is 21.3. The van der Waals surface area contributed by atoms with Crippen LogP contribution in [0, 0.1) is 23.0 Å². The molecule has 0 unspecified atom stereocenters. The number of ether oxygens (including phenoxy) is 1. The van der Waals surface area contributed by atoms with Crippen molar-refractivity contribution >= 4 is 17.6 Å². The van der Waals surface area contributed by atoms with Gasteiger partial charge in [0.1, 0.15) is 18.0 Å². The lowest BCUT2D eigenvalue weighted by atomic mass is 10.1. The van der Waals surface area contributed by atoms with Crippen molar-refractivity contribution in [2.45, 2.75) is 18.9 Å². The lowest BCUT2D eigenvalue weighted by Gasteiger charge is -2.33. The highest BCUT2D eigenvalue weighted by atomic mass is 19.1. The summed E-state index contributed by atoms with van der Waals surface area (Å²) in [7, 11) is 1.60. The summed E-state index contributed by atoms with van der Waals surface area (Å²) >= 11 is 0. The Morgan fingerprint density at radius 2 is 2.07 bits per heavy atom. The largest absolute Gasteiger partial charge is 0.487 e. The number of aromatic carboxylic acids is 1. The maximum absolute atomic E-state index is 13.8. The molecule has 28 heavy (non-hydrogen) atoms. The number of nitrogens with zero attached hydrogens (tertiary/aromatic N) is 4. The zero-order chi connectivity index (χ0) is 20.3. The standard InChI is InChI=1S/C18H17F2N5O3/c1-22-16-17(24-15(18(26)27)13(9-21)23-16)25-6-4-11(5-7-25)28-14-3-2-10(19)8-12(14)20/h2-3,8,11H,4-7H2,1H3,(H,22,23)(H,26,27). The molecule has 10 heteroatoms. The number of carboxylic acid groups (broad SMARTS) is 1. The minimum atomic E-state index is -1.34. The normalized spacial score (nSPS) is 14.4. The fourth-order valence-electron chi connectivity index (χ4n) is 2.98. The topological polar surface area (TPSA) is 111 Å². The molecule has 0 radical (unpaired) electrons. The number of benzene rings is 1. The van der Waals surface area contributed by atoms with Gasteiger partial charge in [0.2, 0.25) is 0 Å². The lowest BCUT2D eigenvalue weighted by Crippen LogP contribution is -2.39. The number of aromatic nitrogens is 2. The van der Waals surface area contributed by atoms with Crippen LogP contribution in [0.5, 0.6) is 5.75 Å². The molecule has 2 N–H and O–H groups in total. The third-order valence-corrected chi connectivity index (χ3v) is 4.35. The first-order chi connectivity index (χ1) is 13.4. The third kappa shape index (κ3) is 3.93. The highest BCUT2D eigenvalue weighted by Gasteiger charge is 2.27. The smallest absolute Gasteiger partial charge is 0.357 e. The number of piperidine rings is 1. The van der Waals surface area contributed by atoms with Crippen LogP contribution in [0.3, 0.4) is 0 Å². The van der Waals surface area contributed by atoms with Gasteiger partial charge in [0.05, 0.1) is 0 Å². The van der Waals surface area contributed by atoms with Crippen molar-refractivity contribution in [2.24, 2.45) is 0 Å². The molecule has 0 aliphatic carbocycles. The van der Waals surface area contributed by atoms with Crippen molar-refractivity contribution in [2.75, 3.05) is 30.4 Å². The molecule has 0 amide bonds. The van der Waals surface area contributed by atoms with Gasteiger partial charge in [0.25, 0.3) is 0 Å². The van der Waals surface area contributed by atoms with Crippen molar-refractivity contribution < 1.29 is 23.4 Å². The van der Waals surface area contributed by atoms with Gasteiger partial charge in [-0.15, -0.1) is 0 Å². The molecule has 3 rings (SSSR count). The second-order valence-electron chi connectivity index (χ2n) is 6.14. The summed E-state index contributed by atoms with van der Waals surface area (Å²) in [5, 5.41) is 21.2. The van der Waals surface area contributed by atoms with Crippen molar-refractivity contribution in [3.05, 3.63) is 41.2 Å². The Morgan fingerprint density at radius 1 is 1.36 bits per heavy atom. The van der Waals surface area contributed by atoms with E-state index in [-0.39, 0.29) is 17.5 Å². The van der Waals surface area contributed by atoms with E-state index in [0.717, 1.165) is 12.1 Å². The molecule has 0 atom stereocenters. The second-order valence-corrected chi connectivity index (χ2v) is 6.14. The van der Waals surface area contributed by atoms with Crippen LogP contribution < -0.4 is 15.0 Å². The van der Waals surface area contributed by atoms with E-state index < -0.39 is 23.3 Å². The van der Waals surface area contributed by atoms with Crippen LogP contribution in [0.1, 0.15) is 29.0 Å². The number of hydrogen-bond donors (Lipinski definition) is 2. The number of carbonyl (C=O) groups is 1. The molecule has 1 aromatic carbocycles. The van der Waals surface area contributed by atoms with E-state index in [0.29, 0.717) is 37.6 Å². The summed E-state index contributed by atoms with van der Waals surface area (Å²) in [6, 6.07) is 4.88. The van der Waals surface area contributed by atoms with Crippen molar-refractivity contribution in [1.82, 2.24) is 9.97 Å². The second kappa shape index (κ2) is 8.04. The van der Waals surface area contributed by atoms with E-state index in [9.17, 15) is 18.7 Å². The Hall–Kier alpha value is -3.48. The monoisotopic (exact) mass is 389 g/mol. The molecule has 1 aromatic heterocycles. The van der Waals surface area contributed by atoms with E-state index in [1.165, 1.54) is 6.07 Å². The lowest BCUT2D eigenvalue weighted by molar-refractivity contribution is 0.0689. The van der Waals surface area contributed by atoms with E-state index in [1.807, 2.05) is 4.90 Å². The summed E-state index contributed by atoms with van der Waals surface area (Å²) in [5.41, 5.74) is -0.686. The van der Waals surface area contributed by atoms with Crippen molar-refractivity contribution in [3.8, 4) is 11.8 Å². The van der Waals surface area contributed by atoms with Gasteiger partial charge in [-0.05, 0) is 12.1 Å². The average molecular weight is 389 g/mol. The molecule has 8 nitrogen and oxygen atoms in total. The van der Waals surface area contributed by atoms with Gasteiger partial charge >= 0.3 is 5.97 Å². The van der Waals surface area contributed by atoms with E-state index >= 15 is 0 Å². The molecule has 1 aliphatic heterocycles. The minimum absolute atomic E-state index is 0.0120. The fraction of sp³-hybridized carbons (Fsp3) is 0.333. The zero-order valence-corrected chi connectivity index (χ0v) is 14.9. The van der Waals surface area contributed by atoms with Crippen LogP contribution in [0.2, 0.25) is 0 Å². The highest BCUT2D eigenvalue weighted by molar-refractivity contribution is 5.89. The van der Waals surface area contributed by atoms with Gasteiger partial charge in [-0.2, -0.15) is 5.26 Å². The van der Waals surface area contributed by atoms with Gasteiger partial charge in [-0.25, -0.2) is 23.5 Å². The molecule has 146 valence electrons. The van der Waals surface area contributed by atoms with E-state index in [2.05, 4.69) is 15.3 Å². The van der Waals surface area contributed by atoms with Gasteiger partial charge in [0, 0.05) is 39.0 Å². The molecule has 0 spiro atoms. The van der Waals surface area contributed by atoms with Crippen molar-refractivity contribution in [1.29, 1.82) is 5.26 Å². The van der Waals surface area contributed by atoms with Crippen LogP contribution in [0.15, 0.2) is 18.2 Å². The van der Waals surface area contributed by atoms with Gasteiger partial charge in [-0.1, -0.05) is 0 Å². The number of carboxylic acids is 1. The molecule has 1 aliphatic rings. The quantitative estimate of drug-likeness (QED) is 0.802. The number of nitriles is 1. The van der Waals surface area contributed by atoms with Gasteiger partial charge < -0.3 is 20.1 Å². The summed E-state index contributed by atoms with van der Waals surface area (Å²) < 4.78 is 32.4. The maximum Gasteiger partial charge on any atom is 0.357 e. The molecule has 2 aromatic rings. The first kappa shape index (κ1) is 19.3. The predicted molar refractivity (Wildman–Crippen MR) is 95.5 cm³/mol. The van der Waals surface area contributed by atoms with Crippen molar-refractivity contribution in [3.63, 3.8) is 0 Å². The van der Waals surface area contributed by atoms with Gasteiger partial charge in [0.15, 0.2) is 34.6 Å². The molecular weight excluding hydrogens is 372 g/mol.